The molecule has 3 fully saturated rings. The van der Waals surface area contributed by atoms with Crippen molar-refractivity contribution in [3.8, 4) is 0 Å². The van der Waals surface area contributed by atoms with Crippen molar-refractivity contribution in [2.75, 3.05) is 11.9 Å². The monoisotopic (exact) mass is 300 g/mol. The van der Waals surface area contributed by atoms with Gasteiger partial charge in [-0.25, -0.2) is 4.39 Å². The molecule has 3 nitrogen and oxygen atoms in total. The van der Waals surface area contributed by atoms with E-state index in [0.717, 1.165) is 36.1 Å². The molecule has 116 valence electrons. The molecule has 1 aliphatic heterocycles. The summed E-state index contributed by atoms with van der Waals surface area (Å²) in [5.41, 5.74) is 2.17. The summed E-state index contributed by atoms with van der Waals surface area (Å²) in [5.74, 6) is 2.73. The molecular weight excluding hydrogens is 279 g/mol. The minimum Gasteiger partial charge on any atom is -0.323 e. The van der Waals surface area contributed by atoms with E-state index in [4.69, 9.17) is 0 Å². The fourth-order valence-electron chi connectivity index (χ4n) is 5.52. The maximum atomic E-state index is 14.6. The molecule has 0 spiro atoms. The Balaban J connectivity index is 1.35. The number of anilines is 1. The molecule has 4 aliphatic rings. The highest BCUT2D eigenvalue weighted by atomic mass is 19.1. The van der Waals surface area contributed by atoms with Crippen LogP contribution in [-0.2, 0) is 17.8 Å². The van der Waals surface area contributed by atoms with Crippen LogP contribution < -0.4 is 10.6 Å². The van der Waals surface area contributed by atoms with E-state index in [2.05, 4.69) is 10.6 Å². The number of rotatable bonds is 2. The van der Waals surface area contributed by atoms with Gasteiger partial charge in [-0.05, 0) is 73.1 Å². The number of halogens is 1. The second kappa shape index (κ2) is 4.54. The molecule has 2 N–H and O–H groups in total. The summed E-state index contributed by atoms with van der Waals surface area (Å²) in [6.45, 7) is 1.52. The van der Waals surface area contributed by atoms with E-state index in [-0.39, 0.29) is 17.6 Å². The van der Waals surface area contributed by atoms with Crippen molar-refractivity contribution >= 4 is 11.6 Å². The summed E-state index contributed by atoms with van der Waals surface area (Å²) in [6, 6.07) is 3.67. The van der Waals surface area contributed by atoms with Gasteiger partial charge in [0.15, 0.2) is 0 Å². The summed E-state index contributed by atoms with van der Waals surface area (Å²) < 4.78 is 14.6. The Morgan fingerprint density at radius 2 is 2.00 bits per heavy atom. The zero-order chi connectivity index (χ0) is 14.8. The number of fused-ring (bicyclic) bond motifs is 6. The molecule has 0 saturated heterocycles. The average Bonchev–Trinajstić information content (AvgIpc) is 2.99. The van der Waals surface area contributed by atoms with E-state index >= 15 is 0 Å². The summed E-state index contributed by atoms with van der Waals surface area (Å²) in [5, 5.41) is 6.13. The van der Waals surface area contributed by atoms with Crippen LogP contribution in [0.3, 0.4) is 0 Å². The summed E-state index contributed by atoms with van der Waals surface area (Å²) in [7, 11) is 0. The third-order valence-electron chi connectivity index (χ3n) is 6.50. The first-order valence-corrected chi connectivity index (χ1v) is 8.56. The summed E-state index contributed by atoms with van der Waals surface area (Å²) in [6.07, 6.45) is 4.63. The second-order valence-corrected chi connectivity index (χ2v) is 7.49. The van der Waals surface area contributed by atoms with Crippen LogP contribution >= 0.6 is 0 Å². The molecule has 5 rings (SSSR count). The molecule has 4 atom stereocenters. The van der Waals surface area contributed by atoms with Crippen LogP contribution in [0.15, 0.2) is 12.1 Å². The van der Waals surface area contributed by atoms with Crippen LogP contribution in [-0.4, -0.2) is 12.5 Å². The molecular formula is C18H21FN2O. The van der Waals surface area contributed by atoms with Crippen molar-refractivity contribution in [1.29, 1.82) is 0 Å². The van der Waals surface area contributed by atoms with Crippen molar-refractivity contribution in [3.05, 3.63) is 29.1 Å². The van der Waals surface area contributed by atoms with Crippen LogP contribution in [0, 0.1) is 35.4 Å². The predicted octanol–water partition coefficient (Wildman–Crippen LogP) is 2.70. The predicted molar refractivity (Wildman–Crippen MR) is 81.7 cm³/mol. The number of hydrogen-bond acceptors (Lipinski definition) is 2. The Hall–Kier alpha value is -1.42. The number of hydrogen-bond donors (Lipinski definition) is 2. The normalized spacial score (nSPS) is 37.6. The molecule has 1 aromatic carbocycles. The molecule has 1 aromatic rings. The number of nitrogens with one attached hydrogen (secondary N) is 2. The van der Waals surface area contributed by atoms with Gasteiger partial charge in [-0.15, -0.1) is 0 Å². The van der Waals surface area contributed by atoms with Crippen molar-refractivity contribution in [1.82, 2.24) is 5.32 Å². The lowest BCUT2D eigenvalue weighted by molar-refractivity contribution is -0.118. The number of carbonyl (C=O) groups excluding carboxylic acids is 1. The molecule has 22 heavy (non-hydrogen) atoms. The van der Waals surface area contributed by atoms with Crippen molar-refractivity contribution in [2.24, 2.45) is 29.6 Å². The van der Waals surface area contributed by atoms with Crippen molar-refractivity contribution < 1.29 is 9.18 Å². The highest BCUT2D eigenvalue weighted by Crippen LogP contribution is 2.69. The first kappa shape index (κ1) is 13.1. The third-order valence-corrected chi connectivity index (χ3v) is 6.50. The average molecular weight is 300 g/mol. The van der Waals surface area contributed by atoms with Gasteiger partial charge in [0.1, 0.15) is 5.82 Å². The van der Waals surface area contributed by atoms with Crippen LogP contribution in [0.4, 0.5) is 10.1 Å². The van der Waals surface area contributed by atoms with Crippen LogP contribution in [0.25, 0.3) is 0 Å². The topological polar surface area (TPSA) is 41.1 Å². The van der Waals surface area contributed by atoms with Gasteiger partial charge in [0.25, 0.3) is 0 Å². The smallest absolute Gasteiger partial charge is 0.228 e. The first-order valence-electron chi connectivity index (χ1n) is 8.56. The standard InChI is InChI=1S/C18H21FN2O/c19-17-12-5-6-20-8-11(12)3-4-13(17)21-18(22)16-14-9-1-2-10(7-9)15(14)16/h3-4,9-10,14-16,20H,1-2,5-8H2,(H,21,22). The summed E-state index contributed by atoms with van der Waals surface area (Å²) >= 11 is 0. The summed E-state index contributed by atoms with van der Waals surface area (Å²) in [4.78, 5) is 12.5. The highest BCUT2D eigenvalue weighted by molar-refractivity contribution is 5.95. The molecule has 2 bridgehead atoms. The molecule has 0 aromatic heterocycles. The minimum absolute atomic E-state index is 0.0550. The van der Waals surface area contributed by atoms with Crippen molar-refractivity contribution in [3.63, 3.8) is 0 Å². The fourth-order valence-corrected chi connectivity index (χ4v) is 5.52. The molecule has 4 heteroatoms. The highest BCUT2D eigenvalue weighted by Gasteiger charge is 2.67. The first-order chi connectivity index (χ1) is 10.7. The maximum Gasteiger partial charge on any atom is 0.228 e. The number of amides is 1. The maximum absolute atomic E-state index is 14.6. The van der Waals surface area contributed by atoms with Gasteiger partial charge in [-0.2, -0.15) is 0 Å². The van der Waals surface area contributed by atoms with E-state index < -0.39 is 0 Å². The van der Waals surface area contributed by atoms with Crippen LogP contribution in [0.5, 0.6) is 0 Å². The fraction of sp³-hybridized carbons (Fsp3) is 0.611. The van der Waals surface area contributed by atoms with Crippen LogP contribution in [0.1, 0.15) is 30.4 Å². The zero-order valence-electron chi connectivity index (χ0n) is 12.6. The van der Waals surface area contributed by atoms with Crippen molar-refractivity contribution in [2.45, 2.75) is 32.2 Å². The Morgan fingerprint density at radius 3 is 2.77 bits per heavy atom. The number of benzene rings is 1. The minimum atomic E-state index is -0.221. The Morgan fingerprint density at radius 1 is 1.23 bits per heavy atom. The molecule has 3 aliphatic carbocycles. The van der Waals surface area contributed by atoms with E-state index in [9.17, 15) is 9.18 Å². The van der Waals surface area contributed by atoms with Gasteiger partial charge in [0, 0.05) is 12.5 Å². The number of carbonyl (C=O) groups is 1. The quantitative estimate of drug-likeness (QED) is 0.882. The van der Waals surface area contributed by atoms with Gasteiger partial charge in [0.05, 0.1) is 5.69 Å². The molecule has 0 radical (unpaired) electrons. The lowest BCUT2D eigenvalue weighted by Gasteiger charge is -2.19. The molecule has 4 unspecified atom stereocenters. The molecule has 1 heterocycles. The molecule has 1 amide bonds. The molecule has 3 saturated carbocycles. The Labute approximate surface area is 129 Å². The van der Waals surface area contributed by atoms with E-state index in [1.54, 1.807) is 6.07 Å². The van der Waals surface area contributed by atoms with E-state index in [1.165, 1.54) is 19.3 Å². The lowest BCUT2D eigenvalue weighted by Crippen LogP contribution is -2.25. The lowest BCUT2D eigenvalue weighted by atomic mass is 9.99. The Bertz CT molecular complexity index is 643. The second-order valence-electron chi connectivity index (χ2n) is 7.49. The van der Waals surface area contributed by atoms with E-state index in [0.29, 0.717) is 23.9 Å². The Kier molecular flexibility index (Phi) is 2.70. The van der Waals surface area contributed by atoms with Gasteiger partial charge in [-0.3, -0.25) is 4.79 Å². The van der Waals surface area contributed by atoms with Gasteiger partial charge >= 0.3 is 0 Å². The van der Waals surface area contributed by atoms with E-state index in [1.807, 2.05) is 6.07 Å². The third kappa shape index (κ3) is 1.73. The van der Waals surface area contributed by atoms with Gasteiger partial charge in [-0.1, -0.05) is 6.07 Å². The van der Waals surface area contributed by atoms with Gasteiger partial charge in [0.2, 0.25) is 5.91 Å². The SMILES string of the molecule is O=C(Nc1ccc2c(c1F)CCNC2)C1C2C3CCC(C3)C12. The largest absolute Gasteiger partial charge is 0.323 e. The van der Waals surface area contributed by atoms with Crippen LogP contribution in [0.2, 0.25) is 0 Å². The zero-order valence-corrected chi connectivity index (χ0v) is 12.6. The van der Waals surface area contributed by atoms with Gasteiger partial charge < -0.3 is 10.6 Å².